The van der Waals surface area contributed by atoms with Gasteiger partial charge in [-0.2, -0.15) is 4.39 Å². The molecule has 3 rings (SSSR count). The molecule has 1 aromatic heterocycles. The summed E-state index contributed by atoms with van der Waals surface area (Å²) in [6.45, 7) is 0. The Balaban J connectivity index is 1.97. The minimum Gasteiger partial charge on any atom is -0.496 e. The summed E-state index contributed by atoms with van der Waals surface area (Å²) in [5.74, 6) is -8.02. The van der Waals surface area contributed by atoms with E-state index in [0.717, 1.165) is 30.7 Å². The predicted molar refractivity (Wildman–Crippen MR) is 110 cm³/mol. The van der Waals surface area contributed by atoms with Crippen LogP contribution in [-0.4, -0.2) is 32.7 Å². The molecular weight excluding hydrogens is 492 g/mol. The van der Waals surface area contributed by atoms with Crippen LogP contribution in [0.5, 0.6) is 17.4 Å². The second-order valence-corrected chi connectivity index (χ2v) is 8.68. The molecule has 0 saturated carbocycles. The van der Waals surface area contributed by atoms with Crippen molar-refractivity contribution < 1.29 is 40.2 Å². The standard InChI is InChI=1S/C20H13ClF4N2O5S/c1-31-16-7-11(19(28)27-33(2,29)30)14(23)6-10(16)9-5-12(21)20(26-8-9)32-15-4-3-13(22)17(24)18(15)25/h3-8H,1-2H3,(H,27,28). The fourth-order valence-corrected chi connectivity index (χ4v) is 3.34. The predicted octanol–water partition coefficient (Wildman–Crippen LogP) is 4.45. The van der Waals surface area contributed by atoms with Crippen LogP contribution in [0.1, 0.15) is 10.4 Å². The zero-order chi connectivity index (χ0) is 24.5. The number of benzene rings is 2. The summed E-state index contributed by atoms with van der Waals surface area (Å²) < 4.78 is 89.2. The van der Waals surface area contributed by atoms with Gasteiger partial charge in [0.05, 0.1) is 18.9 Å². The Morgan fingerprint density at radius 1 is 1.03 bits per heavy atom. The number of nitrogens with one attached hydrogen (secondary N) is 1. The molecule has 1 N–H and O–H groups in total. The molecule has 7 nitrogen and oxygen atoms in total. The molecule has 3 aromatic rings. The summed E-state index contributed by atoms with van der Waals surface area (Å²) in [4.78, 5) is 15.9. The van der Waals surface area contributed by atoms with Gasteiger partial charge in [-0.3, -0.25) is 4.79 Å². The van der Waals surface area contributed by atoms with Gasteiger partial charge >= 0.3 is 0 Å². The van der Waals surface area contributed by atoms with Crippen LogP contribution >= 0.6 is 11.6 Å². The van der Waals surface area contributed by atoms with Crippen LogP contribution in [0.3, 0.4) is 0 Å². The number of halogens is 5. The third-order valence-electron chi connectivity index (χ3n) is 4.14. The maximum atomic E-state index is 14.6. The van der Waals surface area contributed by atoms with Crippen molar-refractivity contribution in [1.82, 2.24) is 9.71 Å². The number of aromatic nitrogens is 1. The lowest BCUT2D eigenvalue weighted by atomic mass is 10.0. The first kappa shape index (κ1) is 24.3. The van der Waals surface area contributed by atoms with Crippen LogP contribution in [-0.2, 0) is 10.0 Å². The quantitative estimate of drug-likeness (QED) is 0.394. The molecule has 1 heterocycles. The Kier molecular flexibility index (Phi) is 6.79. The molecule has 1 amide bonds. The summed E-state index contributed by atoms with van der Waals surface area (Å²) in [6, 6.07) is 4.64. The van der Waals surface area contributed by atoms with Gasteiger partial charge < -0.3 is 9.47 Å². The molecule has 0 radical (unpaired) electrons. The first-order valence-corrected chi connectivity index (χ1v) is 11.0. The molecule has 0 bridgehead atoms. The monoisotopic (exact) mass is 504 g/mol. The van der Waals surface area contributed by atoms with Crippen molar-refractivity contribution in [1.29, 1.82) is 0 Å². The third kappa shape index (κ3) is 5.34. The van der Waals surface area contributed by atoms with Crippen molar-refractivity contribution in [2.45, 2.75) is 0 Å². The molecule has 13 heteroatoms. The summed E-state index contributed by atoms with van der Waals surface area (Å²) in [5, 5.41) is -0.196. The normalized spacial score (nSPS) is 11.2. The van der Waals surface area contributed by atoms with E-state index in [1.165, 1.54) is 13.2 Å². The fraction of sp³-hybridized carbons (Fsp3) is 0.100. The lowest BCUT2D eigenvalue weighted by Gasteiger charge is -2.13. The van der Waals surface area contributed by atoms with E-state index in [4.69, 9.17) is 21.1 Å². The highest BCUT2D eigenvalue weighted by molar-refractivity contribution is 7.89. The number of amides is 1. The maximum Gasteiger partial charge on any atom is 0.267 e. The van der Waals surface area contributed by atoms with E-state index in [2.05, 4.69) is 4.98 Å². The van der Waals surface area contributed by atoms with Gasteiger partial charge in [0, 0.05) is 17.3 Å². The van der Waals surface area contributed by atoms with E-state index < -0.39 is 50.5 Å². The Labute approximate surface area is 190 Å². The van der Waals surface area contributed by atoms with Gasteiger partial charge in [-0.25, -0.2) is 31.3 Å². The molecule has 2 aromatic carbocycles. The van der Waals surface area contributed by atoms with E-state index in [9.17, 15) is 30.8 Å². The second-order valence-electron chi connectivity index (χ2n) is 6.52. The second kappa shape index (κ2) is 9.24. The van der Waals surface area contributed by atoms with Gasteiger partial charge in [0.1, 0.15) is 16.6 Å². The molecule has 33 heavy (non-hydrogen) atoms. The van der Waals surface area contributed by atoms with Gasteiger partial charge in [0.2, 0.25) is 21.7 Å². The molecule has 0 aliphatic heterocycles. The number of methoxy groups -OCH3 is 1. The highest BCUT2D eigenvalue weighted by Crippen LogP contribution is 2.37. The smallest absolute Gasteiger partial charge is 0.267 e. The van der Waals surface area contributed by atoms with E-state index in [1.807, 2.05) is 0 Å². The van der Waals surface area contributed by atoms with Gasteiger partial charge in [-0.1, -0.05) is 11.6 Å². The Morgan fingerprint density at radius 3 is 2.33 bits per heavy atom. The van der Waals surface area contributed by atoms with Crippen molar-refractivity contribution in [2.24, 2.45) is 0 Å². The fourth-order valence-electron chi connectivity index (χ4n) is 2.68. The minimum atomic E-state index is -3.93. The van der Waals surface area contributed by atoms with Crippen LogP contribution in [0, 0.1) is 23.3 Å². The number of carbonyl (C=O) groups excluding carboxylic acids is 1. The zero-order valence-electron chi connectivity index (χ0n) is 16.8. The van der Waals surface area contributed by atoms with Crippen molar-refractivity contribution in [3.05, 3.63) is 70.4 Å². The number of ether oxygens (including phenoxy) is 2. The first-order chi connectivity index (χ1) is 15.4. The number of carbonyl (C=O) groups is 1. The third-order valence-corrected chi connectivity index (χ3v) is 4.96. The SMILES string of the molecule is COc1cc(C(=O)NS(C)(=O)=O)c(F)cc1-c1cnc(Oc2ccc(F)c(F)c2F)c(Cl)c1. The molecule has 0 atom stereocenters. The molecule has 0 fully saturated rings. The van der Waals surface area contributed by atoms with Crippen LogP contribution in [0.25, 0.3) is 11.1 Å². The Bertz CT molecular complexity index is 1370. The number of rotatable bonds is 6. The zero-order valence-corrected chi connectivity index (χ0v) is 18.3. The topological polar surface area (TPSA) is 94.6 Å². The number of hydrogen-bond acceptors (Lipinski definition) is 6. The molecule has 0 aliphatic carbocycles. The largest absolute Gasteiger partial charge is 0.496 e. The number of sulfonamides is 1. The lowest BCUT2D eigenvalue weighted by molar-refractivity contribution is 0.0977. The molecule has 174 valence electrons. The Hall–Kier alpha value is -3.38. The van der Waals surface area contributed by atoms with E-state index in [0.29, 0.717) is 6.07 Å². The van der Waals surface area contributed by atoms with Crippen molar-refractivity contribution in [3.8, 4) is 28.5 Å². The molecular formula is C20H13ClF4N2O5S. The highest BCUT2D eigenvalue weighted by atomic mass is 35.5. The van der Waals surface area contributed by atoms with Gasteiger partial charge in [-0.05, 0) is 30.3 Å². The summed E-state index contributed by atoms with van der Waals surface area (Å²) in [6.07, 6.45) is 1.88. The summed E-state index contributed by atoms with van der Waals surface area (Å²) >= 11 is 6.10. The first-order valence-electron chi connectivity index (χ1n) is 8.78. The van der Waals surface area contributed by atoms with E-state index in [-0.39, 0.29) is 27.8 Å². The molecule has 0 aliphatic rings. The number of pyridine rings is 1. The van der Waals surface area contributed by atoms with E-state index >= 15 is 0 Å². The summed E-state index contributed by atoms with van der Waals surface area (Å²) in [7, 11) is -2.70. The molecule has 0 spiro atoms. The van der Waals surface area contributed by atoms with Crippen molar-refractivity contribution >= 4 is 27.5 Å². The van der Waals surface area contributed by atoms with Gasteiger partial charge in [-0.15, -0.1) is 0 Å². The molecule has 0 saturated heterocycles. The Morgan fingerprint density at radius 2 is 1.73 bits per heavy atom. The lowest BCUT2D eigenvalue weighted by Crippen LogP contribution is -2.30. The van der Waals surface area contributed by atoms with Crippen LogP contribution < -0.4 is 14.2 Å². The van der Waals surface area contributed by atoms with Crippen molar-refractivity contribution in [3.63, 3.8) is 0 Å². The van der Waals surface area contributed by atoms with E-state index in [1.54, 1.807) is 4.72 Å². The van der Waals surface area contributed by atoms with Crippen LogP contribution in [0.4, 0.5) is 17.6 Å². The average Bonchev–Trinajstić information content (AvgIpc) is 2.73. The molecule has 0 unspecified atom stereocenters. The summed E-state index contributed by atoms with van der Waals surface area (Å²) in [5.41, 5.74) is -0.316. The minimum absolute atomic E-state index is 0.0202. The van der Waals surface area contributed by atoms with Crippen LogP contribution in [0.15, 0.2) is 36.5 Å². The number of hydrogen-bond donors (Lipinski definition) is 1. The maximum absolute atomic E-state index is 14.6. The average molecular weight is 505 g/mol. The van der Waals surface area contributed by atoms with Gasteiger partial charge in [0.25, 0.3) is 5.91 Å². The van der Waals surface area contributed by atoms with Crippen LogP contribution in [0.2, 0.25) is 5.02 Å². The van der Waals surface area contributed by atoms with Gasteiger partial charge in [0.15, 0.2) is 17.4 Å². The number of nitrogens with zero attached hydrogens (tertiary/aromatic N) is 1. The highest BCUT2D eigenvalue weighted by Gasteiger charge is 2.21. The van der Waals surface area contributed by atoms with Crippen molar-refractivity contribution in [2.75, 3.05) is 13.4 Å².